The third-order valence-corrected chi connectivity index (χ3v) is 2.78. The average molecular weight is 280 g/mol. The highest BCUT2D eigenvalue weighted by molar-refractivity contribution is 5.91. The third kappa shape index (κ3) is 6.47. The topological polar surface area (TPSA) is 76.1 Å². The first-order chi connectivity index (χ1) is 9.77. The van der Waals surface area contributed by atoms with E-state index in [2.05, 4.69) is 27.5 Å². The van der Waals surface area contributed by atoms with E-state index in [1.807, 2.05) is 0 Å². The van der Waals surface area contributed by atoms with Crippen LogP contribution in [0.5, 0.6) is 0 Å². The van der Waals surface area contributed by atoms with Crippen LogP contribution in [0.1, 0.15) is 43.1 Å². The van der Waals surface area contributed by atoms with Crippen molar-refractivity contribution >= 4 is 11.7 Å². The number of aromatic nitrogens is 2. The zero-order valence-corrected chi connectivity index (χ0v) is 12.3. The first-order valence-electron chi connectivity index (χ1n) is 7.11. The number of carbonyl (C=O) groups excluding carboxylic acids is 1. The largest absolute Gasteiger partial charge is 0.385 e. The number of ether oxygens (including phenoxy) is 1. The molecule has 20 heavy (non-hydrogen) atoms. The summed E-state index contributed by atoms with van der Waals surface area (Å²) in [5, 5.41) is 5.95. The molecular weight excluding hydrogens is 256 g/mol. The molecule has 1 aromatic rings. The van der Waals surface area contributed by atoms with Crippen LogP contribution in [0.15, 0.2) is 12.4 Å². The first-order valence-corrected chi connectivity index (χ1v) is 7.11. The molecule has 1 rings (SSSR count). The summed E-state index contributed by atoms with van der Waals surface area (Å²) in [5.41, 5.74) is 0.351. The van der Waals surface area contributed by atoms with E-state index in [0.717, 1.165) is 32.2 Å². The number of nitrogens with zero attached hydrogens (tertiary/aromatic N) is 2. The van der Waals surface area contributed by atoms with Gasteiger partial charge in [-0.3, -0.25) is 4.79 Å². The molecule has 1 amide bonds. The Bertz CT molecular complexity index is 381. The molecule has 0 aliphatic carbocycles. The fourth-order valence-electron chi connectivity index (χ4n) is 1.64. The molecule has 0 bridgehead atoms. The van der Waals surface area contributed by atoms with Gasteiger partial charge in [0.25, 0.3) is 5.91 Å². The van der Waals surface area contributed by atoms with Crippen molar-refractivity contribution in [2.24, 2.45) is 0 Å². The van der Waals surface area contributed by atoms with Crippen molar-refractivity contribution in [2.45, 2.75) is 32.6 Å². The van der Waals surface area contributed by atoms with Crippen LogP contribution in [0.4, 0.5) is 5.82 Å². The Balaban J connectivity index is 2.31. The lowest BCUT2D eigenvalue weighted by atomic mass is 10.2. The highest BCUT2D eigenvalue weighted by atomic mass is 16.5. The highest BCUT2D eigenvalue weighted by Crippen LogP contribution is 2.01. The van der Waals surface area contributed by atoms with Crippen molar-refractivity contribution in [3.63, 3.8) is 0 Å². The minimum Gasteiger partial charge on any atom is -0.385 e. The molecule has 0 fully saturated rings. The summed E-state index contributed by atoms with van der Waals surface area (Å²) in [6, 6.07) is 0. The monoisotopic (exact) mass is 280 g/mol. The SMILES string of the molecule is CCCCCNC(=O)c1cnc(NCCCOC)cn1. The van der Waals surface area contributed by atoms with Crippen LogP contribution >= 0.6 is 0 Å². The molecule has 0 saturated carbocycles. The molecule has 2 N–H and O–H groups in total. The van der Waals surface area contributed by atoms with E-state index in [9.17, 15) is 4.79 Å². The summed E-state index contributed by atoms with van der Waals surface area (Å²) in [6.07, 6.45) is 7.23. The quantitative estimate of drug-likeness (QED) is 0.640. The van der Waals surface area contributed by atoms with Crippen molar-refractivity contribution in [1.82, 2.24) is 15.3 Å². The average Bonchev–Trinajstić information content (AvgIpc) is 2.48. The predicted molar refractivity (Wildman–Crippen MR) is 78.9 cm³/mol. The van der Waals surface area contributed by atoms with Crippen LogP contribution in [-0.2, 0) is 4.74 Å². The lowest BCUT2D eigenvalue weighted by Gasteiger charge is -2.06. The maximum absolute atomic E-state index is 11.8. The van der Waals surface area contributed by atoms with Crippen molar-refractivity contribution in [3.05, 3.63) is 18.1 Å². The Morgan fingerprint density at radius 1 is 1.20 bits per heavy atom. The molecule has 0 radical (unpaired) electrons. The van der Waals surface area contributed by atoms with Gasteiger partial charge < -0.3 is 15.4 Å². The highest BCUT2D eigenvalue weighted by Gasteiger charge is 2.06. The van der Waals surface area contributed by atoms with Crippen molar-refractivity contribution in [2.75, 3.05) is 32.1 Å². The van der Waals surface area contributed by atoms with E-state index in [0.29, 0.717) is 24.7 Å². The second kappa shape index (κ2) is 10.1. The van der Waals surface area contributed by atoms with Gasteiger partial charge in [0.15, 0.2) is 0 Å². The van der Waals surface area contributed by atoms with Crippen LogP contribution in [0.3, 0.4) is 0 Å². The number of nitrogens with one attached hydrogen (secondary N) is 2. The molecule has 0 atom stereocenters. The maximum atomic E-state index is 11.8. The van der Waals surface area contributed by atoms with Gasteiger partial charge in [0, 0.05) is 26.8 Å². The summed E-state index contributed by atoms with van der Waals surface area (Å²) in [4.78, 5) is 20.0. The summed E-state index contributed by atoms with van der Waals surface area (Å²) >= 11 is 0. The smallest absolute Gasteiger partial charge is 0.271 e. The molecule has 1 aromatic heterocycles. The van der Waals surface area contributed by atoms with Gasteiger partial charge in [-0.2, -0.15) is 0 Å². The van der Waals surface area contributed by atoms with Gasteiger partial charge in [0.05, 0.1) is 12.4 Å². The fourth-order valence-corrected chi connectivity index (χ4v) is 1.64. The van der Waals surface area contributed by atoms with Crippen LogP contribution in [0, 0.1) is 0 Å². The van der Waals surface area contributed by atoms with E-state index in [1.165, 1.54) is 6.20 Å². The van der Waals surface area contributed by atoms with E-state index in [-0.39, 0.29) is 5.91 Å². The Labute approximate surface area is 120 Å². The number of hydrogen-bond acceptors (Lipinski definition) is 5. The number of methoxy groups -OCH3 is 1. The fraction of sp³-hybridized carbons (Fsp3) is 0.643. The number of carbonyl (C=O) groups is 1. The lowest BCUT2D eigenvalue weighted by molar-refractivity contribution is 0.0947. The van der Waals surface area contributed by atoms with Crippen molar-refractivity contribution < 1.29 is 9.53 Å². The van der Waals surface area contributed by atoms with Crippen LogP contribution in [0.2, 0.25) is 0 Å². The van der Waals surface area contributed by atoms with Gasteiger partial charge in [-0.05, 0) is 12.8 Å². The van der Waals surface area contributed by atoms with E-state index in [4.69, 9.17) is 4.74 Å². The zero-order valence-electron chi connectivity index (χ0n) is 12.3. The standard InChI is InChI=1S/C14H24N4O2/c1-3-4-5-7-16-14(19)12-10-18-13(11-17-12)15-8-6-9-20-2/h10-11H,3-9H2,1-2H3,(H,15,18)(H,16,19). The molecule has 6 nitrogen and oxygen atoms in total. The molecule has 1 heterocycles. The Morgan fingerprint density at radius 2 is 2.05 bits per heavy atom. The molecule has 0 aromatic carbocycles. The van der Waals surface area contributed by atoms with Gasteiger partial charge in [-0.1, -0.05) is 19.8 Å². The minimum atomic E-state index is -0.167. The Hall–Kier alpha value is -1.69. The van der Waals surface area contributed by atoms with E-state index >= 15 is 0 Å². The van der Waals surface area contributed by atoms with Gasteiger partial charge >= 0.3 is 0 Å². The molecule has 0 aliphatic rings. The number of rotatable bonds is 10. The van der Waals surface area contributed by atoms with Gasteiger partial charge in [0.1, 0.15) is 11.5 Å². The number of amides is 1. The molecule has 112 valence electrons. The van der Waals surface area contributed by atoms with Crippen molar-refractivity contribution in [1.29, 1.82) is 0 Å². The van der Waals surface area contributed by atoms with Crippen LogP contribution in [-0.4, -0.2) is 42.7 Å². The number of hydrogen-bond donors (Lipinski definition) is 2. The molecule has 0 unspecified atom stereocenters. The van der Waals surface area contributed by atoms with Crippen molar-refractivity contribution in [3.8, 4) is 0 Å². The molecule has 0 saturated heterocycles. The summed E-state index contributed by atoms with van der Waals surface area (Å²) in [7, 11) is 1.67. The first kappa shape index (κ1) is 16.4. The molecular formula is C14H24N4O2. The normalized spacial score (nSPS) is 10.3. The summed E-state index contributed by atoms with van der Waals surface area (Å²) < 4.78 is 4.96. The molecule has 6 heteroatoms. The Morgan fingerprint density at radius 3 is 2.70 bits per heavy atom. The molecule has 0 aliphatic heterocycles. The van der Waals surface area contributed by atoms with Crippen LogP contribution in [0.25, 0.3) is 0 Å². The van der Waals surface area contributed by atoms with Crippen LogP contribution < -0.4 is 10.6 Å². The van der Waals surface area contributed by atoms with E-state index < -0.39 is 0 Å². The summed E-state index contributed by atoms with van der Waals surface area (Å²) in [5.74, 6) is 0.503. The van der Waals surface area contributed by atoms with E-state index in [1.54, 1.807) is 13.3 Å². The third-order valence-electron chi connectivity index (χ3n) is 2.78. The number of anilines is 1. The van der Waals surface area contributed by atoms with Gasteiger partial charge in [-0.25, -0.2) is 9.97 Å². The second-order valence-corrected chi connectivity index (χ2v) is 4.52. The lowest BCUT2D eigenvalue weighted by Crippen LogP contribution is -2.25. The Kier molecular flexibility index (Phi) is 8.30. The summed E-state index contributed by atoms with van der Waals surface area (Å²) in [6.45, 7) is 4.29. The second-order valence-electron chi connectivity index (χ2n) is 4.52. The molecule has 0 spiro atoms. The zero-order chi connectivity index (χ0) is 14.6. The predicted octanol–water partition coefficient (Wildman–Crippen LogP) is 1.84. The minimum absolute atomic E-state index is 0.167. The van der Waals surface area contributed by atoms with Gasteiger partial charge in [-0.15, -0.1) is 0 Å². The number of unbranched alkanes of at least 4 members (excludes halogenated alkanes) is 2. The maximum Gasteiger partial charge on any atom is 0.271 e. The van der Waals surface area contributed by atoms with Gasteiger partial charge in [0.2, 0.25) is 0 Å².